The summed E-state index contributed by atoms with van der Waals surface area (Å²) in [5, 5.41) is 15.4. The van der Waals surface area contributed by atoms with Crippen LogP contribution < -0.4 is 5.56 Å². The normalized spacial score (nSPS) is 21.0. The maximum absolute atomic E-state index is 15.5. The third-order valence-corrected chi connectivity index (χ3v) is 8.63. The second-order valence-corrected chi connectivity index (χ2v) is 11.4. The van der Waals surface area contributed by atoms with Crippen LogP contribution in [0.4, 0.5) is 17.6 Å². The van der Waals surface area contributed by atoms with Crippen LogP contribution in [0.2, 0.25) is 5.02 Å². The predicted octanol–water partition coefficient (Wildman–Crippen LogP) is 6.08. The van der Waals surface area contributed by atoms with Crippen molar-refractivity contribution >= 4 is 28.2 Å². The van der Waals surface area contributed by atoms with Crippen LogP contribution in [0.3, 0.4) is 0 Å². The Labute approximate surface area is 244 Å². The molecule has 216 valence electrons. The minimum absolute atomic E-state index is 0.00860. The molecule has 3 aromatic heterocycles. The average Bonchev–Trinajstić information content (AvgIpc) is 3.30. The first-order valence-corrected chi connectivity index (χ1v) is 13.8. The van der Waals surface area contributed by atoms with Crippen molar-refractivity contribution in [3.63, 3.8) is 0 Å². The highest BCUT2D eigenvalue weighted by molar-refractivity contribution is 6.31. The van der Waals surface area contributed by atoms with Gasteiger partial charge in [0.05, 0.1) is 34.8 Å². The second-order valence-electron chi connectivity index (χ2n) is 11.0. The standard InChI is InChI=1S/C29H19ClF4N8O/c1-12-15-4-2-13(6-22(15)38-37-12)20-9-19(27(31)35-20)26-16-8-17(16)28-36-21(10-25(43)42(26)28)18-7-14(30)3-5-23(18)41-11-24(39-40-41)29(32,33)34/h2-7,10-11,16-17,26H,8-9H2,1H3,(H,37,38). The molecule has 1 fully saturated rings. The maximum Gasteiger partial charge on any atom is 0.436 e. The van der Waals surface area contributed by atoms with E-state index in [0.29, 0.717) is 27.7 Å². The van der Waals surface area contributed by atoms with Gasteiger partial charge >= 0.3 is 6.18 Å². The van der Waals surface area contributed by atoms with E-state index >= 15 is 4.39 Å². The summed E-state index contributed by atoms with van der Waals surface area (Å²) in [5.74, 6) is -0.168. The van der Waals surface area contributed by atoms with Gasteiger partial charge in [0.1, 0.15) is 5.82 Å². The first-order chi connectivity index (χ1) is 20.6. The maximum atomic E-state index is 15.5. The number of hydrogen-bond donors (Lipinski definition) is 1. The molecular weight excluding hydrogens is 588 g/mol. The number of aromatic nitrogens is 7. The van der Waals surface area contributed by atoms with Crippen molar-refractivity contribution in [3.8, 4) is 16.9 Å². The summed E-state index contributed by atoms with van der Waals surface area (Å²) in [5.41, 5.74) is 2.64. The Balaban J connectivity index is 1.15. The van der Waals surface area contributed by atoms with Crippen molar-refractivity contribution in [1.82, 2.24) is 34.7 Å². The van der Waals surface area contributed by atoms with Crippen LogP contribution in [0, 0.1) is 12.8 Å². The number of nitrogens with zero attached hydrogens (tertiary/aromatic N) is 7. The molecule has 1 N–H and O–H groups in total. The van der Waals surface area contributed by atoms with E-state index in [1.807, 2.05) is 25.1 Å². The lowest BCUT2D eigenvalue weighted by Gasteiger charge is -2.20. The van der Waals surface area contributed by atoms with E-state index in [4.69, 9.17) is 16.6 Å². The van der Waals surface area contributed by atoms with E-state index < -0.39 is 29.4 Å². The van der Waals surface area contributed by atoms with Gasteiger partial charge < -0.3 is 0 Å². The molecule has 2 aliphatic heterocycles. The summed E-state index contributed by atoms with van der Waals surface area (Å²) in [7, 11) is 0. The Morgan fingerprint density at radius 1 is 1.12 bits per heavy atom. The van der Waals surface area contributed by atoms with Crippen molar-refractivity contribution in [1.29, 1.82) is 0 Å². The van der Waals surface area contributed by atoms with Crippen molar-refractivity contribution in [3.05, 3.63) is 98.3 Å². The van der Waals surface area contributed by atoms with Gasteiger partial charge in [-0.3, -0.25) is 14.5 Å². The summed E-state index contributed by atoms with van der Waals surface area (Å²) in [6.07, 6.45) is -2.94. The van der Waals surface area contributed by atoms with E-state index in [0.717, 1.165) is 39.5 Å². The van der Waals surface area contributed by atoms with Crippen LogP contribution in [0.1, 0.15) is 47.6 Å². The molecule has 5 aromatic rings. The van der Waals surface area contributed by atoms with Crippen molar-refractivity contribution in [2.24, 2.45) is 10.9 Å². The molecule has 3 unspecified atom stereocenters. The molecule has 0 radical (unpaired) electrons. The molecule has 5 heterocycles. The lowest BCUT2D eigenvalue weighted by Crippen LogP contribution is -2.27. The van der Waals surface area contributed by atoms with E-state index in [1.54, 1.807) is 0 Å². The lowest BCUT2D eigenvalue weighted by molar-refractivity contribution is -0.141. The number of aliphatic imine (C=N–C) groups is 1. The summed E-state index contributed by atoms with van der Waals surface area (Å²) in [6, 6.07) is 10.9. The largest absolute Gasteiger partial charge is 0.436 e. The highest BCUT2D eigenvalue weighted by Gasteiger charge is 2.56. The highest BCUT2D eigenvalue weighted by atomic mass is 35.5. The summed E-state index contributed by atoms with van der Waals surface area (Å²) < 4.78 is 57.5. The fraction of sp³-hybridized carbons (Fsp3) is 0.241. The number of allylic oxidation sites excluding steroid dienone is 1. The zero-order valence-corrected chi connectivity index (χ0v) is 22.9. The SMILES string of the molecule is Cc1[nH]nc2cc(C3=NC(F)=C(C4C5CC5c5nc(-c6cc(Cl)ccc6-n6cc(C(F)(F)F)nn6)cc(=O)n54)C3)ccc12. The smallest absolute Gasteiger partial charge is 0.289 e. The second kappa shape index (κ2) is 8.93. The molecule has 2 aromatic carbocycles. The van der Waals surface area contributed by atoms with E-state index in [2.05, 4.69) is 25.5 Å². The Bertz CT molecular complexity index is 2120. The van der Waals surface area contributed by atoms with E-state index in [1.165, 1.54) is 28.8 Å². The van der Waals surface area contributed by atoms with Crippen molar-refractivity contribution in [2.75, 3.05) is 0 Å². The van der Waals surface area contributed by atoms with Gasteiger partial charge in [-0.25, -0.2) is 14.7 Å². The van der Waals surface area contributed by atoms with Crippen molar-refractivity contribution in [2.45, 2.75) is 37.9 Å². The Kier molecular flexibility index (Phi) is 5.40. The van der Waals surface area contributed by atoms with E-state index in [-0.39, 0.29) is 29.6 Å². The number of aromatic amines is 1. The molecule has 3 atom stereocenters. The Hall–Kier alpha value is -4.65. The number of hydrogen-bond acceptors (Lipinski definition) is 6. The fourth-order valence-electron chi connectivity index (χ4n) is 6.28. The average molecular weight is 607 g/mol. The summed E-state index contributed by atoms with van der Waals surface area (Å²) in [6.45, 7) is 1.92. The predicted molar refractivity (Wildman–Crippen MR) is 149 cm³/mol. The number of rotatable bonds is 4. The molecule has 14 heteroatoms. The van der Waals surface area contributed by atoms with Gasteiger partial charge in [0.2, 0.25) is 5.95 Å². The van der Waals surface area contributed by atoms with Gasteiger partial charge in [-0.1, -0.05) is 28.9 Å². The van der Waals surface area contributed by atoms with Crippen LogP contribution in [0.25, 0.3) is 27.8 Å². The van der Waals surface area contributed by atoms with Crippen LogP contribution >= 0.6 is 11.6 Å². The lowest BCUT2D eigenvalue weighted by atomic mass is 9.96. The van der Waals surface area contributed by atoms with Gasteiger partial charge in [0, 0.05) is 45.6 Å². The quantitative estimate of drug-likeness (QED) is 0.197. The number of nitrogens with one attached hydrogen (secondary N) is 1. The topological polar surface area (TPSA) is 107 Å². The first-order valence-electron chi connectivity index (χ1n) is 13.4. The minimum atomic E-state index is -4.68. The molecule has 0 spiro atoms. The Morgan fingerprint density at radius 3 is 2.74 bits per heavy atom. The number of benzene rings is 2. The molecule has 8 rings (SSSR count). The number of halogens is 5. The molecule has 43 heavy (non-hydrogen) atoms. The zero-order valence-electron chi connectivity index (χ0n) is 22.2. The number of fused-ring (bicyclic) bond motifs is 4. The van der Waals surface area contributed by atoms with Crippen LogP contribution in [0.15, 0.2) is 70.0 Å². The zero-order chi connectivity index (χ0) is 29.8. The molecule has 3 aliphatic rings. The Morgan fingerprint density at radius 2 is 1.95 bits per heavy atom. The van der Waals surface area contributed by atoms with Gasteiger partial charge in [0.15, 0.2) is 5.69 Å². The van der Waals surface area contributed by atoms with Gasteiger partial charge in [-0.15, -0.1) is 5.10 Å². The number of H-pyrrole nitrogens is 1. The molecule has 9 nitrogen and oxygen atoms in total. The molecule has 0 amide bonds. The molecule has 1 saturated carbocycles. The van der Waals surface area contributed by atoms with E-state index in [9.17, 15) is 18.0 Å². The summed E-state index contributed by atoms with van der Waals surface area (Å²) >= 11 is 6.25. The molecular formula is C29H19ClF4N8O. The molecule has 0 saturated heterocycles. The first kappa shape index (κ1) is 26.0. The van der Waals surface area contributed by atoms with Crippen molar-refractivity contribution < 1.29 is 17.6 Å². The third kappa shape index (κ3) is 4.05. The number of alkyl halides is 3. The molecule has 1 aliphatic carbocycles. The summed E-state index contributed by atoms with van der Waals surface area (Å²) in [4.78, 5) is 22.6. The minimum Gasteiger partial charge on any atom is -0.289 e. The molecule has 0 bridgehead atoms. The fourth-order valence-corrected chi connectivity index (χ4v) is 6.45. The monoisotopic (exact) mass is 606 g/mol. The van der Waals surface area contributed by atoms with Gasteiger partial charge in [-0.2, -0.15) is 22.7 Å². The van der Waals surface area contributed by atoms with Gasteiger partial charge in [0.25, 0.3) is 5.56 Å². The third-order valence-electron chi connectivity index (χ3n) is 8.39. The number of aryl methyl sites for hydroxylation is 1. The highest BCUT2D eigenvalue weighted by Crippen LogP contribution is 2.61. The van der Waals surface area contributed by atoms with Gasteiger partial charge in [-0.05, 0) is 49.1 Å². The van der Waals surface area contributed by atoms with Crippen LogP contribution in [-0.2, 0) is 6.18 Å². The van der Waals surface area contributed by atoms with Crippen LogP contribution in [-0.4, -0.2) is 40.5 Å². The van der Waals surface area contributed by atoms with Crippen LogP contribution in [0.5, 0.6) is 0 Å².